The second-order valence-electron chi connectivity index (χ2n) is 4.21. The van der Waals surface area contributed by atoms with Gasteiger partial charge in [0.05, 0.1) is 13.2 Å². The summed E-state index contributed by atoms with van der Waals surface area (Å²) in [6.07, 6.45) is -0.773. The highest BCUT2D eigenvalue weighted by Gasteiger charge is 2.24. The molecule has 1 N–H and O–H groups in total. The lowest BCUT2D eigenvalue weighted by Gasteiger charge is -2.19. The maximum atomic E-state index is 11.4. The maximum Gasteiger partial charge on any atom is 0.303 e. The fourth-order valence-corrected chi connectivity index (χ4v) is 1.61. The first-order valence-electron chi connectivity index (χ1n) is 6.37. The summed E-state index contributed by atoms with van der Waals surface area (Å²) < 4.78 is 14.7. The fourth-order valence-electron chi connectivity index (χ4n) is 1.61. The van der Waals surface area contributed by atoms with Gasteiger partial charge >= 0.3 is 11.9 Å². The molecule has 8 heteroatoms. The van der Waals surface area contributed by atoms with Gasteiger partial charge in [0.15, 0.2) is 11.9 Å². The monoisotopic (exact) mass is 299 g/mol. The van der Waals surface area contributed by atoms with Crippen LogP contribution in [-0.2, 0) is 19.1 Å². The summed E-state index contributed by atoms with van der Waals surface area (Å²) in [5.74, 6) is -1.10. The Bertz CT molecular complexity index is 586. The van der Waals surface area contributed by atoms with E-state index in [2.05, 4.69) is 5.32 Å². The van der Waals surface area contributed by atoms with E-state index in [0.29, 0.717) is 0 Å². The minimum Gasteiger partial charge on any atom is -0.488 e. The molecule has 0 radical (unpaired) electrons. The lowest BCUT2D eigenvalue weighted by atomic mass is 10.2. The van der Waals surface area contributed by atoms with Gasteiger partial charge in [-0.3, -0.25) is 19.2 Å². The topological polar surface area (TPSA) is 108 Å². The summed E-state index contributed by atoms with van der Waals surface area (Å²) in [7, 11) is 0. The van der Waals surface area contributed by atoms with Gasteiger partial charge in [0.25, 0.3) is 10.9 Å². The third kappa shape index (κ3) is 4.59. The van der Waals surface area contributed by atoms with E-state index in [1.165, 1.54) is 13.8 Å². The highest BCUT2D eigenvalue weighted by Crippen LogP contribution is 2.17. The molecule has 0 unspecified atom stereocenters. The van der Waals surface area contributed by atoms with Crippen LogP contribution in [0.4, 0.5) is 5.69 Å². The number of hydrogen-bond acceptors (Lipinski definition) is 8. The maximum absolute atomic E-state index is 11.4. The zero-order valence-corrected chi connectivity index (χ0v) is 12.1. The Morgan fingerprint density at radius 1 is 1.14 bits per heavy atom. The van der Waals surface area contributed by atoms with Gasteiger partial charge in [-0.2, -0.15) is 0 Å². The Morgan fingerprint density at radius 2 is 1.81 bits per heavy atom. The number of rotatable bonds is 8. The number of carbonyl (C=O) groups excluding carboxylic acids is 2. The second-order valence-corrected chi connectivity index (χ2v) is 4.21. The first-order valence-corrected chi connectivity index (χ1v) is 6.37. The largest absolute Gasteiger partial charge is 0.488 e. The number of carbonyl (C=O) groups is 2. The van der Waals surface area contributed by atoms with E-state index in [9.17, 15) is 19.2 Å². The van der Waals surface area contributed by atoms with Crippen molar-refractivity contribution in [3.63, 3.8) is 0 Å². The molecule has 0 aliphatic heterocycles. The van der Waals surface area contributed by atoms with Gasteiger partial charge in [-0.05, 0) is 6.92 Å². The van der Waals surface area contributed by atoms with Crippen LogP contribution in [0.25, 0.3) is 0 Å². The number of esters is 2. The summed E-state index contributed by atoms with van der Waals surface area (Å²) in [5, 5.41) is 2.68. The molecular weight excluding hydrogens is 282 g/mol. The molecule has 0 aliphatic rings. The van der Waals surface area contributed by atoms with Crippen molar-refractivity contribution in [1.29, 1.82) is 0 Å². The summed E-state index contributed by atoms with van der Waals surface area (Å²) in [4.78, 5) is 44.4. The zero-order valence-electron chi connectivity index (χ0n) is 12.1. The number of hydrogen-bond donors (Lipinski definition) is 1. The SMILES string of the molecule is CCOc1c(NC[C@@H](COC(C)=O)OC(C)=O)c(=O)c1=O. The molecule has 21 heavy (non-hydrogen) atoms. The molecular formula is C13H17NO7. The van der Waals surface area contributed by atoms with E-state index in [-0.39, 0.29) is 31.2 Å². The molecule has 0 spiro atoms. The van der Waals surface area contributed by atoms with E-state index in [4.69, 9.17) is 14.2 Å². The summed E-state index contributed by atoms with van der Waals surface area (Å²) in [5.41, 5.74) is -1.34. The fraction of sp³-hybridized carbons (Fsp3) is 0.538. The molecule has 0 aliphatic carbocycles. The van der Waals surface area contributed by atoms with Crippen molar-refractivity contribution in [1.82, 2.24) is 0 Å². The van der Waals surface area contributed by atoms with Crippen LogP contribution < -0.4 is 20.9 Å². The normalized spacial score (nSPS) is 11.8. The van der Waals surface area contributed by atoms with Gasteiger partial charge in [0.2, 0.25) is 0 Å². The van der Waals surface area contributed by atoms with Gasteiger partial charge in [-0.15, -0.1) is 0 Å². The highest BCUT2D eigenvalue weighted by atomic mass is 16.6. The van der Waals surface area contributed by atoms with E-state index >= 15 is 0 Å². The van der Waals surface area contributed by atoms with Crippen LogP contribution >= 0.6 is 0 Å². The molecule has 1 aromatic rings. The van der Waals surface area contributed by atoms with Gasteiger partial charge < -0.3 is 19.5 Å². The minimum atomic E-state index is -0.773. The predicted octanol–water partition coefficient (Wildman–Crippen LogP) is -0.412. The highest BCUT2D eigenvalue weighted by molar-refractivity contribution is 5.67. The molecule has 1 rings (SSSR count). The van der Waals surface area contributed by atoms with Crippen LogP contribution in [0.5, 0.6) is 5.75 Å². The van der Waals surface area contributed by atoms with E-state index in [1.807, 2.05) is 0 Å². The van der Waals surface area contributed by atoms with Crippen molar-refractivity contribution in [2.45, 2.75) is 26.9 Å². The van der Waals surface area contributed by atoms with Gasteiger partial charge in [-0.25, -0.2) is 0 Å². The molecule has 1 aromatic carbocycles. The Balaban J connectivity index is 2.66. The van der Waals surface area contributed by atoms with Crippen LogP contribution in [0.1, 0.15) is 20.8 Å². The molecule has 0 aromatic heterocycles. The number of ether oxygens (including phenoxy) is 3. The zero-order chi connectivity index (χ0) is 16.0. The van der Waals surface area contributed by atoms with Crippen molar-refractivity contribution >= 4 is 17.6 Å². The van der Waals surface area contributed by atoms with Crippen molar-refractivity contribution < 1.29 is 23.8 Å². The number of nitrogens with one attached hydrogen (secondary N) is 1. The Labute approximate surface area is 120 Å². The molecule has 0 heterocycles. The molecule has 0 fully saturated rings. The van der Waals surface area contributed by atoms with Gasteiger partial charge in [-0.1, -0.05) is 0 Å². The molecule has 8 nitrogen and oxygen atoms in total. The third-order valence-corrected chi connectivity index (χ3v) is 2.47. The van der Waals surface area contributed by atoms with Crippen LogP contribution in [0.15, 0.2) is 9.59 Å². The van der Waals surface area contributed by atoms with Crippen LogP contribution in [0.3, 0.4) is 0 Å². The van der Waals surface area contributed by atoms with Crippen LogP contribution in [0, 0.1) is 0 Å². The lowest BCUT2D eigenvalue weighted by Crippen LogP contribution is -2.39. The molecule has 0 bridgehead atoms. The average molecular weight is 299 g/mol. The summed E-state index contributed by atoms with van der Waals surface area (Å²) in [6, 6.07) is 0. The Kier molecular flexibility index (Phi) is 5.89. The predicted molar refractivity (Wildman–Crippen MR) is 73.2 cm³/mol. The first kappa shape index (κ1) is 16.7. The number of anilines is 1. The van der Waals surface area contributed by atoms with Crippen LogP contribution in [-0.4, -0.2) is 37.8 Å². The second kappa shape index (κ2) is 7.41. The first-order chi connectivity index (χ1) is 9.86. The van der Waals surface area contributed by atoms with E-state index in [1.54, 1.807) is 6.92 Å². The molecule has 116 valence electrons. The van der Waals surface area contributed by atoms with Crippen molar-refractivity contribution in [3.8, 4) is 5.75 Å². The van der Waals surface area contributed by atoms with E-state index in [0.717, 1.165) is 0 Å². The van der Waals surface area contributed by atoms with Gasteiger partial charge in [0, 0.05) is 13.8 Å². The van der Waals surface area contributed by atoms with Crippen LogP contribution in [0.2, 0.25) is 0 Å². The van der Waals surface area contributed by atoms with Crippen molar-refractivity contribution in [2.75, 3.05) is 25.1 Å². The molecule has 0 saturated carbocycles. The summed E-state index contributed by atoms with van der Waals surface area (Å²) in [6.45, 7) is 4.23. The smallest absolute Gasteiger partial charge is 0.303 e. The molecule has 1 atom stereocenters. The molecule has 0 amide bonds. The lowest BCUT2D eigenvalue weighted by molar-refractivity contribution is -0.155. The van der Waals surface area contributed by atoms with Gasteiger partial charge in [0.1, 0.15) is 12.3 Å². The third-order valence-electron chi connectivity index (χ3n) is 2.47. The quantitative estimate of drug-likeness (QED) is 0.510. The standard InChI is InChI=1S/C13H17NO7/c1-4-19-13-10(11(17)12(13)18)14-5-9(21-8(3)16)6-20-7(2)15/h9,14H,4-6H2,1-3H3/t9-/m0/s1. The minimum absolute atomic E-state index is 0.0117. The van der Waals surface area contributed by atoms with Crippen molar-refractivity contribution in [2.24, 2.45) is 0 Å². The molecule has 0 saturated heterocycles. The summed E-state index contributed by atoms with van der Waals surface area (Å²) >= 11 is 0. The average Bonchev–Trinajstić information content (AvgIpc) is 2.42. The van der Waals surface area contributed by atoms with E-state index < -0.39 is 28.9 Å². The Morgan fingerprint density at radius 3 is 2.33 bits per heavy atom. The Hall–Kier alpha value is -2.38. The van der Waals surface area contributed by atoms with Crippen molar-refractivity contribution in [3.05, 3.63) is 20.4 Å².